The molecule has 1 heterocycles. The average Bonchev–Trinajstić information content (AvgIpc) is 2.03. The molecule has 0 amide bonds. The molecule has 6 heteroatoms. The van der Waals surface area contributed by atoms with E-state index in [1.165, 1.54) is 5.32 Å². The first-order chi connectivity index (χ1) is 6.34. The lowest BCUT2D eigenvalue weighted by Gasteiger charge is -2.13. The van der Waals surface area contributed by atoms with Crippen molar-refractivity contribution in [1.82, 2.24) is 4.98 Å². The zero-order chi connectivity index (χ0) is 11.2. The molecule has 0 saturated carbocycles. The summed E-state index contributed by atoms with van der Waals surface area (Å²) in [5, 5.41) is 1.29. The molecule has 0 spiro atoms. The van der Waals surface area contributed by atoms with Gasteiger partial charge in [0.2, 0.25) is 0 Å². The van der Waals surface area contributed by atoms with E-state index >= 15 is 0 Å². The number of pyridine rings is 1. The summed E-state index contributed by atoms with van der Waals surface area (Å²) < 4.78 is 25.3. The second-order valence-corrected chi connectivity index (χ2v) is 9.09. The second kappa shape index (κ2) is 5.66. The first-order valence-corrected chi connectivity index (χ1v) is 8.52. The van der Waals surface area contributed by atoms with Gasteiger partial charge in [-0.2, -0.15) is 0 Å². The fourth-order valence-corrected chi connectivity index (χ4v) is 1.86. The number of hydrogen-bond acceptors (Lipinski definition) is 4. The first-order valence-electron chi connectivity index (χ1n) is 4.02. The minimum atomic E-state index is -3.11. The van der Waals surface area contributed by atoms with E-state index < -0.39 is 18.7 Å². The first kappa shape index (κ1) is 13.0. The lowest BCUT2D eigenvalue weighted by atomic mass is 10.5. The van der Waals surface area contributed by atoms with Crippen molar-refractivity contribution >= 4 is 24.0 Å². The molecule has 0 aliphatic rings. The van der Waals surface area contributed by atoms with E-state index in [4.69, 9.17) is 12.6 Å². The van der Waals surface area contributed by atoms with Gasteiger partial charge in [-0.25, -0.2) is 0 Å². The van der Waals surface area contributed by atoms with Gasteiger partial charge in [-0.3, -0.25) is 4.98 Å². The summed E-state index contributed by atoms with van der Waals surface area (Å²) in [6, 6.07) is 6.14. The summed E-state index contributed by atoms with van der Waals surface area (Å²) in [7, 11) is -4.26. The zero-order valence-corrected chi connectivity index (χ0v) is 10.2. The third-order valence-corrected chi connectivity index (χ3v) is 3.27. The highest BCUT2D eigenvalue weighted by Gasteiger charge is 2.16. The summed E-state index contributed by atoms with van der Waals surface area (Å²) in [6.07, 6.45) is 1.87. The van der Waals surface area contributed by atoms with E-state index in [1.807, 2.05) is 12.3 Å². The van der Waals surface area contributed by atoms with Crippen LogP contribution in [0.4, 0.5) is 0 Å². The number of aromatic nitrogens is 1. The Bertz CT molecular complexity index is 361. The van der Waals surface area contributed by atoms with E-state index in [2.05, 4.69) is 36.8 Å². The standard InChI is InChI=1S/C8H13NSi.O3S/c1-10(2,3)8-6-4-5-7-9-8;1-4(2)3/h4-7H,1-3H3;. The van der Waals surface area contributed by atoms with Gasteiger partial charge in [0, 0.05) is 11.5 Å². The van der Waals surface area contributed by atoms with Crippen LogP contribution in [-0.4, -0.2) is 25.7 Å². The van der Waals surface area contributed by atoms with Gasteiger partial charge < -0.3 is 0 Å². The molecule has 0 N–H and O–H groups in total. The molecule has 14 heavy (non-hydrogen) atoms. The van der Waals surface area contributed by atoms with Gasteiger partial charge in [-0.05, 0) is 12.1 Å². The van der Waals surface area contributed by atoms with Gasteiger partial charge in [-0.1, -0.05) is 25.7 Å². The van der Waals surface area contributed by atoms with Crippen LogP contribution in [0.1, 0.15) is 0 Å². The Hall–Kier alpha value is -1.01. The maximum absolute atomic E-state index is 8.44. The van der Waals surface area contributed by atoms with E-state index in [9.17, 15) is 0 Å². The molecule has 0 aliphatic carbocycles. The highest BCUT2D eigenvalue weighted by molar-refractivity contribution is 7.59. The molecular formula is C8H13NO3SSi. The van der Waals surface area contributed by atoms with Crippen molar-refractivity contribution in [2.45, 2.75) is 19.6 Å². The van der Waals surface area contributed by atoms with Crippen LogP contribution in [0.15, 0.2) is 24.4 Å². The van der Waals surface area contributed by atoms with Crippen LogP contribution in [0.25, 0.3) is 0 Å². The van der Waals surface area contributed by atoms with Crippen molar-refractivity contribution < 1.29 is 12.6 Å². The van der Waals surface area contributed by atoms with Crippen LogP contribution < -0.4 is 5.32 Å². The van der Waals surface area contributed by atoms with Crippen LogP contribution in [0.3, 0.4) is 0 Å². The Morgan fingerprint density at radius 3 is 1.86 bits per heavy atom. The molecule has 0 unspecified atom stereocenters. The molecule has 78 valence electrons. The molecule has 0 atom stereocenters. The third kappa shape index (κ3) is 6.50. The fraction of sp³-hybridized carbons (Fsp3) is 0.375. The van der Waals surface area contributed by atoms with Crippen molar-refractivity contribution in [1.29, 1.82) is 0 Å². The summed E-state index contributed by atoms with van der Waals surface area (Å²) in [5.41, 5.74) is 0. The van der Waals surface area contributed by atoms with Crippen LogP contribution >= 0.6 is 0 Å². The number of rotatable bonds is 1. The molecule has 0 saturated heterocycles. The summed E-state index contributed by atoms with van der Waals surface area (Å²) in [6.45, 7) is 6.90. The third-order valence-electron chi connectivity index (χ3n) is 1.43. The minimum absolute atomic E-state index is 1.14. The predicted molar refractivity (Wildman–Crippen MR) is 56.9 cm³/mol. The molecule has 0 fully saturated rings. The number of hydrogen-bond donors (Lipinski definition) is 0. The van der Waals surface area contributed by atoms with E-state index in [-0.39, 0.29) is 0 Å². The maximum atomic E-state index is 8.44. The SMILES string of the molecule is C[Si](C)(C)c1ccccn1.O=S(=O)=O. The van der Waals surface area contributed by atoms with E-state index in [1.54, 1.807) is 0 Å². The summed E-state index contributed by atoms with van der Waals surface area (Å²) in [4.78, 5) is 4.31. The van der Waals surface area contributed by atoms with Crippen molar-refractivity contribution in [3.05, 3.63) is 24.4 Å². The second-order valence-electron chi connectivity index (χ2n) is 3.67. The Kier molecular flexibility index (Phi) is 5.25. The Morgan fingerprint density at radius 1 is 1.14 bits per heavy atom. The van der Waals surface area contributed by atoms with Gasteiger partial charge in [0.15, 0.2) is 0 Å². The topological polar surface area (TPSA) is 64.1 Å². The van der Waals surface area contributed by atoms with Crippen molar-refractivity contribution in [2.24, 2.45) is 0 Å². The lowest BCUT2D eigenvalue weighted by Crippen LogP contribution is -2.39. The van der Waals surface area contributed by atoms with Gasteiger partial charge in [0.25, 0.3) is 0 Å². The van der Waals surface area contributed by atoms with E-state index in [0.717, 1.165) is 0 Å². The van der Waals surface area contributed by atoms with Crippen molar-refractivity contribution in [3.63, 3.8) is 0 Å². The Labute approximate surface area is 86.1 Å². The van der Waals surface area contributed by atoms with Crippen LogP contribution in [0.5, 0.6) is 0 Å². The minimum Gasteiger partial charge on any atom is -0.266 e. The van der Waals surface area contributed by atoms with Crippen LogP contribution in [0, 0.1) is 0 Å². The molecular weight excluding hydrogens is 218 g/mol. The van der Waals surface area contributed by atoms with Crippen molar-refractivity contribution in [2.75, 3.05) is 0 Å². The van der Waals surface area contributed by atoms with Gasteiger partial charge in [-0.15, -0.1) is 12.6 Å². The molecule has 0 radical (unpaired) electrons. The average molecular weight is 231 g/mol. The molecule has 4 nitrogen and oxygen atoms in total. The smallest absolute Gasteiger partial charge is 0.266 e. The maximum Gasteiger partial charge on any atom is 0.425 e. The monoisotopic (exact) mass is 231 g/mol. The normalized spacial score (nSPS) is 9.93. The van der Waals surface area contributed by atoms with E-state index in [0.29, 0.717) is 0 Å². The molecule has 1 aromatic heterocycles. The van der Waals surface area contributed by atoms with Gasteiger partial charge >= 0.3 is 10.6 Å². The zero-order valence-electron chi connectivity index (χ0n) is 8.39. The highest BCUT2D eigenvalue weighted by Crippen LogP contribution is 1.97. The molecule has 1 rings (SSSR count). The fourth-order valence-electron chi connectivity index (χ4n) is 0.806. The quantitative estimate of drug-likeness (QED) is 0.665. The Morgan fingerprint density at radius 2 is 1.64 bits per heavy atom. The number of nitrogens with zero attached hydrogens (tertiary/aromatic N) is 1. The summed E-state index contributed by atoms with van der Waals surface area (Å²) in [5.74, 6) is 0. The lowest BCUT2D eigenvalue weighted by molar-refractivity contribution is 0.559. The molecule has 0 aromatic carbocycles. The largest absolute Gasteiger partial charge is 0.425 e. The van der Waals surface area contributed by atoms with Crippen molar-refractivity contribution in [3.8, 4) is 0 Å². The van der Waals surface area contributed by atoms with Gasteiger partial charge in [0.1, 0.15) is 8.07 Å². The Balaban J connectivity index is 0.000000364. The highest BCUT2D eigenvalue weighted by atomic mass is 32.2. The van der Waals surface area contributed by atoms with Crippen LogP contribution in [-0.2, 0) is 10.6 Å². The predicted octanol–water partition coefficient (Wildman–Crippen LogP) is 0.623. The molecule has 0 bridgehead atoms. The van der Waals surface area contributed by atoms with Crippen LogP contribution in [0.2, 0.25) is 19.6 Å². The summed E-state index contributed by atoms with van der Waals surface area (Å²) >= 11 is 0. The van der Waals surface area contributed by atoms with Gasteiger partial charge in [0.05, 0.1) is 0 Å². The molecule has 1 aromatic rings. The molecule has 0 aliphatic heterocycles.